The highest BCUT2D eigenvalue weighted by molar-refractivity contribution is 5.39. The zero-order valence-corrected chi connectivity index (χ0v) is 10.8. The lowest BCUT2D eigenvalue weighted by molar-refractivity contribution is 0.460. The van der Waals surface area contributed by atoms with E-state index in [1.807, 2.05) is 49.1 Å². The fourth-order valence-corrected chi connectivity index (χ4v) is 1.92. The van der Waals surface area contributed by atoms with Crippen molar-refractivity contribution >= 4 is 0 Å². The Morgan fingerprint density at radius 3 is 2.94 bits per heavy atom. The van der Waals surface area contributed by atoms with Gasteiger partial charge in [-0.05, 0) is 12.5 Å². The predicted octanol–water partition coefficient (Wildman–Crippen LogP) is 1.77. The Kier molecular flexibility index (Phi) is 3.99. The molecule has 96 valence electrons. The fraction of sp³-hybridized carbons (Fsp3) is 0.357. The zero-order chi connectivity index (χ0) is 13.0. The number of phenols is 1. The summed E-state index contributed by atoms with van der Waals surface area (Å²) in [4.78, 5) is 4.27. The third-order valence-corrected chi connectivity index (χ3v) is 3.08. The van der Waals surface area contributed by atoms with Crippen LogP contribution >= 0.6 is 0 Å². The van der Waals surface area contributed by atoms with E-state index in [1.54, 1.807) is 0 Å². The average Bonchev–Trinajstić information content (AvgIpc) is 2.76. The van der Waals surface area contributed by atoms with Crippen LogP contribution < -0.4 is 5.32 Å². The molecule has 0 saturated carbocycles. The van der Waals surface area contributed by atoms with Crippen LogP contribution in [0.15, 0.2) is 30.6 Å². The molecule has 2 N–H and O–H groups in total. The maximum atomic E-state index is 9.87. The van der Waals surface area contributed by atoms with Gasteiger partial charge in [0.1, 0.15) is 11.6 Å². The monoisotopic (exact) mass is 245 g/mol. The number of rotatable bonds is 5. The Morgan fingerprint density at radius 1 is 1.39 bits per heavy atom. The minimum Gasteiger partial charge on any atom is -0.507 e. The summed E-state index contributed by atoms with van der Waals surface area (Å²) in [6.07, 6.45) is 4.64. The van der Waals surface area contributed by atoms with E-state index in [0.717, 1.165) is 29.9 Å². The first-order valence-corrected chi connectivity index (χ1v) is 6.13. The molecule has 0 amide bonds. The first-order valence-electron chi connectivity index (χ1n) is 6.13. The quantitative estimate of drug-likeness (QED) is 0.789. The normalized spacial score (nSPS) is 10.8. The van der Waals surface area contributed by atoms with Gasteiger partial charge >= 0.3 is 0 Å². The number of nitrogens with one attached hydrogen (secondary N) is 1. The molecule has 0 bridgehead atoms. The van der Waals surface area contributed by atoms with Gasteiger partial charge in [-0.15, -0.1) is 0 Å². The van der Waals surface area contributed by atoms with Gasteiger partial charge in [-0.3, -0.25) is 0 Å². The molecule has 2 aromatic rings. The van der Waals surface area contributed by atoms with E-state index in [-0.39, 0.29) is 0 Å². The second-order valence-electron chi connectivity index (χ2n) is 4.46. The van der Waals surface area contributed by atoms with Crippen LogP contribution in [0.2, 0.25) is 0 Å². The van der Waals surface area contributed by atoms with E-state index in [2.05, 4.69) is 10.3 Å². The standard InChI is InChI=1S/C14H19N3O/c1-11-4-3-5-12(14(11)18)10-15-7-6-13-16-8-9-17(13)2/h3-5,8-9,15,18H,6-7,10H2,1-2H3. The van der Waals surface area contributed by atoms with E-state index >= 15 is 0 Å². The Labute approximate surface area is 107 Å². The van der Waals surface area contributed by atoms with Crippen LogP contribution in [0, 0.1) is 6.92 Å². The number of aromatic nitrogens is 2. The summed E-state index contributed by atoms with van der Waals surface area (Å²) in [7, 11) is 1.99. The molecule has 18 heavy (non-hydrogen) atoms. The summed E-state index contributed by atoms with van der Waals surface area (Å²) in [5, 5.41) is 13.2. The van der Waals surface area contributed by atoms with Crippen LogP contribution in [0.4, 0.5) is 0 Å². The van der Waals surface area contributed by atoms with Gasteiger partial charge in [-0.2, -0.15) is 0 Å². The fourth-order valence-electron chi connectivity index (χ4n) is 1.92. The van der Waals surface area contributed by atoms with E-state index in [4.69, 9.17) is 0 Å². The Hall–Kier alpha value is -1.81. The third-order valence-electron chi connectivity index (χ3n) is 3.08. The van der Waals surface area contributed by atoms with Crippen LogP contribution in [0.3, 0.4) is 0 Å². The maximum absolute atomic E-state index is 9.87. The Morgan fingerprint density at radius 2 is 2.22 bits per heavy atom. The molecule has 1 aromatic carbocycles. The first kappa shape index (κ1) is 12.6. The molecule has 0 spiro atoms. The molecule has 0 unspecified atom stereocenters. The molecular weight excluding hydrogens is 226 g/mol. The van der Waals surface area contributed by atoms with Crippen LogP contribution in [0.5, 0.6) is 5.75 Å². The molecule has 0 aliphatic heterocycles. The van der Waals surface area contributed by atoms with Crippen molar-refractivity contribution in [3.8, 4) is 5.75 Å². The van der Waals surface area contributed by atoms with Gasteiger partial charge in [0.05, 0.1) is 0 Å². The SMILES string of the molecule is Cc1cccc(CNCCc2nccn2C)c1O. The van der Waals surface area contributed by atoms with Crippen molar-refractivity contribution in [3.63, 3.8) is 0 Å². The van der Waals surface area contributed by atoms with Crippen molar-refractivity contribution in [2.24, 2.45) is 7.05 Å². The minimum atomic E-state index is 0.391. The highest BCUT2D eigenvalue weighted by Crippen LogP contribution is 2.20. The molecule has 0 saturated heterocycles. The van der Waals surface area contributed by atoms with Gasteiger partial charge in [-0.25, -0.2) is 4.98 Å². The van der Waals surface area contributed by atoms with Gasteiger partial charge in [0.2, 0.25) is 0 Å². The number of nitrogens with zero attached hydrogens (tertiary/aromatic N) is 2. The summed E-state index contributed by atoms with van der Waals surface area (Å²) in [6.45, 7) is 3.43. The van der Waals surface area contributed by atoms with Crippen LogP contribution in [-0.2, 0) is 20.0 Å². The second kappa shape index (κ2) is 5.69. The van der Waals surface area contributed by atoms with Crippen molar-refractivity contribution in [3.05, 3.63) is 47.5 Å². The lowest BCUT2D eigenvalue weighted by Gasteiger charge is -2.08. The molecular formula is C14H19N3O. The molecule has 0 atom stereocenters. The zero-order valence-electron chi connectivity index (χ0n) is 10.8. The van der Waals surface area contributed by atoms with Gasteiger partial charge < -0.3 is 15.0 Å². The topological polar surface area (TPSA) is 50.1 Å². The molecule has 0 aliphatic carbocycles. The highest BCUT2D eigenvalue weighted by Gasteiger charge is 2.03. The number of imidazole rings is 1. The highest BCUT2D eigenvalue weighted by atomic mass is 16.3. The van der Waals surface area contributed by atoms with Crippen LogP contribution in [-0.4, -0.2) is 21.2 Å². The molecule has 1 aromatic heterocycles. The van der Waals surface area contributed by atoms with Crippen molar-refractivity contribution in [2.45, 2.75) is 19.9 Å². The molecule has 0 radical (unpaired) electrons. The summed E-state index contributed by atoms with van der Waals surface area (Å²) >= 11 is 0. The summed E-state index contributed by atoms with van der Waals surface area (Å²) in [5.41, 5.74) is 1.85. The van der Waals surface area contributed by atoms with Gasteiger partial charge in [0.15, 0.2) is 0 Å². The van der Waals surface area contributed by atoms with E-state index in [0.29, 0.717) is 12.3 Å². The average molecular weight is 245 g/mol. The number of phenolic OH excluding ortho intramolecular Hbond substituents is 1. The predicted molar refractivity (Wildman–Crippen MR) is 71.5 cm³/mol. The molecule has 1 heterocycles. The van der Waals surface area contributed by atoms with Gasteiger partial charge in [-0.1, -0.05) is 18.2 Å². The van der Waals surface area contributed by atoms with Crippen molar-refractivity contribution in [1.29, 1.82) is 0 Å². The molecule has 0 fully saturated rings. The number of hydrogen-bond acceptors (Lipinski definition) is 3. The van der Waals surface area contributed by atoms with Gasteiger partial charge in [0.25, 0.3) is 0 Å². The first-order chi connectivity index (χ1) is 8.68. The van der Waals surface area contributed by atoms with Crippen LogP contribution in [0.25, 0.3) is 0 Å². The number of para-hydroxylation sites is 1. The number of benzene rings is 1. The second-order valence-corrected chi connectivity index (χ2v) is 4.46. The van der Waals surface area contributed by atoms with E-state index < -0.39 is 0 Å². The van der Waals surface area contributed by atoms with E-state index in [1.165, 1.54) is 0 Å². The lowest BCUT2D eigenvalue weighted by Crippen LogP contribution is -2.18. The lowest BCUT2D eigenvalue weighted by atomic mass is 10.1. The van der Waals surface area contributed by atoms with Gasteiger partial charge in [0, 0.05) is 44.5 Å². The molecule has 0 aliphatic rings. The summed E-state index contributed by atoms with van der Waals surface area (Å²) in [6, 6.07) is 5.81. The van der Waals surface area contributed by atoms with Crippen molar-refractivity contribution < 1.29 is 5.11 Å². The smallest absolute Gasteiger partial charge is 0.122 e. The molecule has 2 rings (SSSR count). The van der Waals surface area contributed by atoms with Crippen molar-refractivity contribution in [1.82, 2.24) is 14.9 Å². The van der Waals surface area contributed by atoms with E-state index in [9.17, 15) is 5.11 Å². The Balaban J connectivity index is 1.82. The summed E-state index contributed by atoms with van der Waals surface area (Å²) in [5.74, 6) is 1.46. The molecule has 4 nitrogen and oxygen atoms in total. The minimum absolute atomic E-state index is 0.391. The third kappa shape index (κ3) is 2.90. The van der Waals surface area contributed by atoms with Crippen molar-refractivity contribution in [2.75, 3.05) is 6.54 Å². The largest absolute Gasteiger partial charge is 0.507 e. The molecule has 4 heteroatoms. The van der Waals surface area contributed by atoms with Crippen LogP contribution in [0.1, 0.15) is 17.0 Å². The number of aryl methyl sites for hydroxylation is 2. The maximum Gasteiger partial charge on any atom is 0.122 e. The number of hydrogen-bond donors (Lipinski definition) is 2. The summed E-state index contributed by atoms with van der Waals surface area (Å²) < 4.78 is 2.02. The Bertz CT molecular complexity index is 520. The number of aromatic hydroxyl groups is 1.